The highest BCUT2D eigenvalue weighted by Crippen LogP contribution is 2.31. The van der Waals surface area contributed by atoms with E-state index in [-0.39, 0.29) is 5.56 Å². The Labute approximate surface area is 109 Å². The van der Waals surface area contributed by atoms with Gasteiger partial charge in [0.05, 0.1) is 0 Å². The first-order valence-corrected chi connectivity index (χ1v) is 6.18. The molecule has 92 valence electrons. The average Bonchev–Trinajstić information content (AvgIpc) is 2.34. The zero-order valence-corrected chi connectivity index (χ0v) is 10.9. The van der Waals surface area contributed by atoms with Crippen molar-refractivity contribution in [2.45, 2.75) is 23.8 Å². The highest BCUT2D eigenvalue weighted by molar-refractivity contribution is 7.99. The van der Waals surface area contributed by atoms with Gasteiger partial charge in [0, 0.05) is 11.1 Å². The van der Waals surface area contributed by atoms with Crippen molar-refractivity contribution in [1.29, 1.82) is 0 Å². The van der Waals surface area contributed by atoms with E-state index in [1.807, 2.05) is 32.0 Å². The molecule has 0 amide bonds. The fourth-order valence-corrected chi connectivity index (χ4v) is 2.50. The van der Waals surface area contributed by atoms with Crippen LogP contribution in [-0.2, 0) is 0 Å². The smallest absolute Gasteiger partial charge is 0.340 e. The van der Waals surface area contributed by atoms with Crippen molar-refractivity contribution in [3.63, 3.8) is 0 Å². The predicted octanol–water partition coefficient (Wildman–Crippen LogP) is 2.94. The zero-order valence-electron chi connectivity index (χ0n) is 10.0. The van der Waals surface area contributed by atoms with E-state index >= 15 is 0 Å². The van der Waals surface area contributed by atoms with E-state index in [4.69, 9.17) is 5.11 Å². The van der Waals surface area contributed by atoms with Crippen LogP contribution >= 0.6 is 11.8 Å². The van der Waals surface area contributed by atoms with Crippen LogP contribution < -0.4 is 0 Å². The quantitative estimate of drug-likeness (QED) is 0.860. The number of hydrogen-bond donors (Lipinski definition) is 1. The van der Waals surface area contributed by atoms with E-state index in [0.717, 1.165) is 16.0 Å². The van der Waals surface area contributed by atoms with E-state index in [1.165, 1.54) is 24.3 Å². The van der Waals surface area contributed by atoms with Gasteiger partial charge in [0.2, 0.25) is 0 Å². The van der Waals surface area contributed by atoms with Crippen LogP contribution in [0.25, 0.3) is 0 Å². The number of aromatic nitrogens is 2. The number of aryl methyl sites for hydroxylation is 2. The molecule has 1 aromatic heterocycles. The third-order valence-corrected chi connectivity index (χ3v) is 3.63. The van der Waals surface area contributed by atoms with Crippen molar-refractivity contribution in [2.75, 3.05) is 0 Å². The minimum Gasteiger partial charge on any atom is -0.478 e. The van der Waals surface area contributed by atoms with Crippen LogP contribution in [-0.4, -0.2) is 21.0 Å². The molecule has 0 fully saturated rings. The normalized spacial score (nSPS) is 10.3. The molecule has 0 aliphatic heterocycles. The first kappa shape index (κ1) is 12.6. The third-order valence-electron chi connectivity index (χ3n) is 2.46. The molecule has 0 radical (unpaired) electrons. The van der Waals surface area contributed by atoms with Crippen molar-refractivity contribution in [2.24, 2.45) is 0 Å². The van der Waals surface area contributed by atoms with E-state index in [1.54, 1.807) is 0 Å². The largest absolute Gasteiger partial charge is 0.478 e. The number of nitrogens with zero attached hydrogens (tertiary/aromatic N) is 2. The van der Waals surface area contributed by atoms with Crippen LogP contribution in [0, 0.1) is 13.8 Å². The number of carboxylic acid groups (broad SMARTS) is 1. The number of benzene rings is 1. The number of carboxylic acids is 1. The molecule has 2 aromatic rings. The van der Waals surface area contributed by atoms with Gasteiger partial charge in [0.15, 0.2) is 0 Å². The molecule has 0 saturated carbocycles. The Balaban J connectivity index is 2.40. The summed E-state index contributed by atoms with van der Waals surface area (Å²) in [5.74, 6) is -1.01. The van der Waals surface area contributed by atoms with Gasteiger partial charge >= 0.3 is 5.97 Å². The topological polar surface area (TPSA) is 63.1 Å². The number of aromatic carboxylic acids is 1. The molecule has 1 aromatic carbocycles. The third kappa shape index (κ3) is 2.68. The second kappa shape index (κ2) is 5.18. The summed E-state index contributed by atoms with van der Waals surface area (Å²) in [5, 5.41) is 9.54. The van der Waals surface area contributed by atoms with E-state index in [0.29, 0.717) is 5.03 Å². The second-order valence-electron chi connectivity index (χ2n) is 3.92. The van der Waals surface area contributed by atoms with E-state index < -0.39 is 5.97 Å². The van der Waals surface area contributed by atoms with Crippen molar-refractivity contribution >= 4 is 17.7 Å². The van der Waals surface area contributed by atoms with Crippen LogP contribution in [0.5, 0.6) is 0 Å². The van der Waals surface area contributed by atoms with Crippen LogP contribution in [0.2, 0.25) is 0 Å². The molecule has 0 bridgehead atoms. The summed E-state index contributed by atoms with van der Waals surface area (Å²) >= 11 is 1.35. The van der Waals surface area contributed by atoms with Gasteiger partial charge in [-0.2, -0.15) is 0 Å². The number of rotatable bonds is 3. The Bertz CT molecular complexity index is 599. The van der Waals surface area contributed by atoms with E-state index in [2.05, 4.69) is 9.97 Å². The molecule has 0 saturated heterocycles. The Morgan fingerprint density at radius 3 is 2.83 bits per heavy atom. The van der Waals surface area contributed by atoms with Gasteiger partial charge in [-0.1, -0.05) is 23.9 Å². The Morgan fingerprint density at radius 2 is 2.11 bits per heavy atom. The Kier molecular flexibility index (Phi) is 3.62. The Morgan fingerprint density at radius 1 is 1.33 bits per heavy atom. The number of hydrogen-bond acceptors (Lipinski definition) is 4. The summed E-state index contributed by atoms with van der Waals surface area (Å²) in [4.78, 5) is 19.9. The van der Waals surface area contributed by atoms with Crippen molar-refractivity contribution < 1.29 is 9.90 Å². The molecule has 0 aliphatic rings. The van der Waals surface area contributed by atoms with Gasteiger partial charge in [0.25, 0.3) is 0 Å². The van der Waals surface area contributed by atoms with Gasteiger partial charge in [-0.15, -0.1) is 0 Å². The molecule has 1 heterocycles. The van der Waals surface area contributed by atoms with Crippen molar-refractivity contribution in [3.05, 3.63) is 47.4 Å². The molecule has 5 heteroatoms. The highest BCUT2D eigenvalue weighted by Gasteiger charge is 2.13. The standard InChI is InChI=1S/C13H12N2O2S/c1-8-3-4-9(2)11(5-8)18-12-10(13(16)17)6-14-7-15-12/h3-7H,1-2H3,(H,16,17). The predicted molar refractivity (Wildman–Crippen MR) is 69.0 cm³/mol. The minimum atomic E-state index is -1.01. The summed E-state index contributed by atoms with van der Waals surface area (Å²) in [6.45, 7) is 3.99. The monoisotopic (exact) mass is 260 g/mol. The molecule has 2 rings (SSSR count). The SMILES string of the molecule is Cc1ccc(C)c(Sc2ncncc2C(=O)O)c1. The molecule has 0 unspecified atom stereocenters. The summed E-state index contributed by atoms with van der Waals surface area (Å²) in [5.41, 5.74) is 2.36. The van der Waals surface area contributed by atoms with Gasteiger partial charge in [-0.3, -0.25) is 0 Å². The molecule has 0 spiro atoms. The maximum atomic E-state index is 11.1. The lowest BCUT2D eigenvalue weighted by Crippen LogP contribution is -2.01. The maximum Gasteiger partial charge on any atom is 0.340 e. The molecule has 4 nitrogen and oxygen atoms in total. The Hall–Kier alpha value is -1.88. The van der Waals surface area contributed by atoms with Crippen molar-refractivity contribution in [3.8, 4) is 0 Å². The minimum absolute atomic E-state index is 0.128. The summed E-state index contributed by atoms with van der Waals surface area (Å²) in [7, 11) is 0. The number of carbonyl (C=O) groups is 1. The lowest BCUT2D eigenvalue weighted by atomic mass is 10.2. The van der Waals surface area contributed by atoms with Crippen LogP contribution in [0.15, 0.2) is 40.6 Å². The molecular formula is C13H12N2O2S. The second-order valence-corrected chi connectivity index (χ2v) is 4.95. The van der Waals surface area contributed by atoms with Gasteiger partial charge < -0.3 is 5.11 Å². The molecule has 1 N–H and O–H groups in total. The van der Waals surface area contributed by atoms with Crippen LogP contribution in [0.3, 0.4) is 0 Å². The van der Waals surface area contributed by atoms with Crippen LogP contribution in [0.4, 0.5) is 0 Å². The van der Waals surface area contributed by atoms with E-state index in [9.17, 15) is 4.79 Å². The van der Waals surface area contributed by atoms with Crippen molar-refractivity contribution in [1.82, 2.24) is 9.97 Å². The highest BCUT2D eigenvalue weighted by atomic mass is 32.2. The van der Waals surface area contributed by atoms with Gasteiger partial charge in [-0.25, -0.2) is 14.8 Å². The van der Waals surface area contributed by atoms with Gasteiger partial charge in [-0.05, 0) is 31.0 Å². The summed E-state index contributed by atoms with van der Waals surface area (Å²) < 4.78 is 0. The molecule has 0 aliphatic carbocycles. The zero-order chi connectivity index (χ0) is 13.1. The summed E-state index contributed by atoms with van der Waals surface area (Å²) in [6.07, 6.45) is 2.68. The fraction of sp³-hybridized carbons (Fsp3) is 0.154. The molecular weight excluding hydrogens is 248 g/mol. The van der Waals surface area contributed by atoms with Gasteiger partial charge in [0.1, 0.15) is 16.9 Å². The lowest BCUT2D eigenvalue weighted by molar-refractivity contribution is 0.0691. The first-order valence-electron chi connectivity index (χ1n) is 5.36. The lowest BCUT2D eigenvalue weighted by Gasteiger charge is -2.07. The summed E-state index contributed by atoms with van der Waals surface area (Å²) in [6, 6.07) is 6.06. The average molecular weight is 260 g/mol. The first-order chi connectivity index (χ1) is 8.58. The molecule has 0 atom stereocenters. The fourth-order valence-electron chi connectivity index (χ4n) is 1.47. The van der Waals surface area contributed by atoms with Crippen LogP contribution in [0.1, 0.15) is 21.5 Å². The maximum absolute atomic E-state index is 11.1. The molecule has 18 heavy (non-hydrogen) atoms.